The van der Waals surface area contributed by atoms with Gasteiger partial charge in [-0.05, 0) is 25.0 Å². The van der Waals surface area contributed by atoms with Gasteiger partial charge in [-0.3, -0.25) is 4.79 Å². The summed E-state index contributed by atoms with van der Waals surface area (Å²) in [7, 11) is 1.65. The van der Waals surface area contributed by atoms with E-state index < -0.39 is 5.54 Å². The summed E-state index contributed by atoms with van der Waals surface area (Å²) in [6.07, 6.45) is 5.22. The minimum absolute atomic E-state index is 0.1000. The number of hydrogen-bond acceptors (Lipinski definition) is 3. The molecule has 4 heteroatoms. The fourth-order valence-electron chi connectivity index (χ4n) is 2.98. The van der Waals surface area contributed by atoms with Crippen LogP contribution in [0, 0.1) is 0 Å². The van der Waals surface area contributed by atoms with Crippen molar-refractivity contribution < 1.29 is 9.53 Å². The molecule has 96 valence electrons. The monoisotopic (exact) mass is 246 g/mol. The molecule has 0 atom stereocenters. The molecule has 0 unspecified atom stereocenters. The van der Waals surface area contributed by atoms with Gasteiger partial charge in [0.15, 0.2) is 0 Å². The van der Waals surface area contributed by atoms with Crippen molar-refractivity contribution >= 4 is 17.3 Å². The fraction of sp³-hybridized carbons (Fsp3) is 0.500. The molecule has 18 heavy (non-hydrogen) atoms. The lowest BCUT2D eigenvalue weighted by molar-refractivity contribution is -0.121. The van der Waals surface area contributed by atoms with E-state index in [1.54, 1.807) is 7.11 Å². The van der Waals surface area contributed by atoms with E-state index in [0.717, 1.165) is 42.8 Å². The Balaban J connectivity index is 2.01. The van der Waals surface area contributed by atoms with Crippen LogP contribution in [0.15, 0.2) is 18.2 Å². The van der Waals surface area contributed by atoms with E-state index in [4.69, 9.17) is 4.74 Å². The molecule has 0 bridgehead atoms. The molecule has 1 aromatic carbocycles. The number of fused-ring (bicyclic) bond motifs is 1. The van der Waals surface area contributed by atoms with Gasteiger partial charge in [0.25, 0.3) is 0 Å². The number of ether oxygens (including phenoxy) is 1. The molecule has 2 N–H and O–H groups in total. The Kier molecular flexibility index (Phi) is 2.65. The van der Waals surface area contributed by atoms with Crippen molar-refractivity contribution in [2.75, 3.05) is 17.7 Å². The first kappa shape index (κ1) is 11.4. The van der Waals surface area contributed by atoms with Crippen LogP contribution in [-0.2, 0) is 4.79 Å². The summed E-state index contributed by atoms with van der Waals surface area (Å²) in [5, 5.41) is 6.46. The van der Waals surface area contributed by atoms with E-state index >= 15 is 0 Å². The Morgan fingerprint density at radius 3 is 2.72 bits per heavy atom. The van der Waals surface area contributed by atoms with Gasteiger partial charge in [0.05, 0.1) is 12.8 Å². The fourth-order valence-corrected chi connectivity index (χ4v) is 2.98. The first-order valence-corrected chi connectivity index (χ1v) is 6.52. The number of para-hydroxylation sites is 1. The average Bonchev–Trinajstić information content (AvgIpc) is 2.41. The molecule has 1 aromatic rings. The third-order valence-electron chi connectivity index (χ3n) is 4.00. The first-order chi connectivity index (χ1) is 8.75. The van der Waals surface area contributed by atoms with Crippen molar-refractivity contribution in [3.05, 3.63) is 18.2 Å². The number of benzene rings is 1. The lowest BCUT2D eigenvalue weighted by Gasteiger charge is -2.41. The smallest absolute Gasteiger partial charge is 0.250 e. The highest BCUT2D eigenvalue weighted by molar-refractivity contribution is 6.07. The molecular formula is C14H18N2O2. The molecule has 0 aromatic heterocycles. The molecule has 0 radical (unpaired) electrons. The summed E-state index contributed by atoms with van der Waals surface area (Å²) in [5.41, 5.74) is 1.30. The highest BCUT2D eigenvalue weighted by Gasteiger charge is 2.43. The van der Waals surface area contributed by atoms with Gasteiger partial charge in [-0.1, -0.05) is 25.3 Å². The number of nitrogens with one attached hydrogen (secondary N) is 2. The predicted octanol–water partition coefficient (Wildman–Crippen LogP) is 2.76. The van der Waals surface area contributed by atoms with Crippen LogP contribution in [0.4, 0.5) is 11.4 Å². The van der Waals surface area contributed by atoms with Crippen LogP contribution < -0.4 is 15.4 Å². The Hall–Kier alpha value is -1.71. The first-order valence-electron chi connectivity index (χ1n) is 6.52. The van der Waals surface area contributed by atoms with E-state index in [9.17, 15) is 4.79 Å². The summed E-state index contributed by atoms with van der Waals surface area (Å²) in [5.74, 6) is 0.889. The molecule has 4 nitrogen and oxygen atoms in total. The minimum Gasteiger partial charge on any atom is -0.495 e. The van der Waals surface area contributed by atoms with Gasteiger partial charge in [-0.25, -0.2) is 0 Å². The average molecular weight is 246 g/mol. The second-order valence-electron chi connectivity index (χ2n) is 5.10. The Morgan fingerprint density at radius 1 is 1.22 bits per heavy atom. The number of rotatable bonds is 1. The van der Waals surface area contributed by atoms with Crippen LogP contribution in [0.1, 0.15) is 32.1 Å². The second kappa shape index (κ2) is 4.19. The maximum atomic E-state index is 12.3. The molecule has 1 amide bonds. The molecule has 1 spiro atoms. The molecule has 3 rings (SSSR count). The van der Waals surface area contributed by atoms with E-state index in [2.05, 4.69) is 10.6 Å². The molecule has 1 aliphatic heterocycles. The third-order valence-corrected chi connectivity index (χ3v) is 4.00. The van der Waals surface area contributed by atoms with Crippen molar-refractivity contribution in [1.29, 1.82) is 0 Å². The third kappa shape index (κ3) is 1.64. The molecule has 1 fully saturated rings. The number of hydrogen-bond donors (Lipinski definition) is 2. The quantitative estimate of drug-likeness (QED) is 0.801. The maximum Gasteiger partial charge on any atom is 0.250 e. The molecule has 1 aliphatic carbocycles. The molecule has 1 saturated carbocycles. The summed E-state index contributed by atoms with van der Waals surface area (Å²) in [6.45, 7) is 0. The largest absolute Gasteiger partial charge is 0.495 e. The number of carbonyl (C=O) groups excluding carboxylic acids is 1. The number of methoxy groups -OCH3 is 1. The molecule has 2 aliphatic rings. The molecule has 0 saturated heterocycles. The standard InChI is InChI=1S/C14H18N2O2/c1-18-11-7-5-6-10-12(11)16-14(13(17)15-10)8-3-2-4-9-14/h5-7,16H,2-4,8-9H2,1H3,(H,15,17). The Bertz CT molecular complexity index is 479. The van der Waals surface area contributed by atoms with Crippen molar-refractivity contribution in [2.45, 2.75) is 37.6 Å². The second-order valence-corrected chi connectivity index (χ2v) is 5.10. The zero-order chi connectivity index (χ0) is 12.6. The summed E-state index contributed by atoms with van der Waals surface area (Å²) >= 11 is 0. The van der Waals surface area contributed by atoms with Gasteiger partial charge in [-0.2, -0.15) is 0 Å². The number of anilines is 2. The lowest BCUT2D eigenvalue weighted by Crippen LogP contribution is -2.53. The van der Waals surface area contributed by atoms with E-state index in [-0.39, 0.29) is 5.91 Å². The summed E-state index contributed by atoms with van der Waals surface area (Å²) in [6, 6.07) is 5.71. The lowest BCUT2D eigenvalue weighted by atomic mass is 9.79. The topological polar surface area (TPSA) is 50.4 Å². The van der Waals surface area contributed by atoms with Crippen molar-refractivity contribution in [3.8, 4) is 5.75 Å². The van der Waals surface area contributed by atoms with Gasteiger partial charge in [-0.15, -0.1) is 0 Å². The van der Waals surface area contributed by atoms with Crippen LogP contribution in [0.2, 0.25) is 0 Å². The number of carbonyl (C=O) groups is 1. The van der Waals surface area contributed by atoms with Crippen LogP contribution >= 0.6 is 0 Å². The molecular weight excluding hydrogens is 228 g/mol. The minimum atomic E-state index is -0.431. The van der Waals surface area contributed by atoms with Crippen molar-refractivity contribution in [2.24, 2.45) is 0 Å². The van der Waals surface area contributed by atoms with Gasteiger partial charge in [0.2, 0.25) is 5.91 Å². The van der Waals surface area contributed by atoms with Gasteiger partial charge in [0.1, 0.15) is 17.0 Å². The van der Waals surface area contributed by atoms with E-state index in [1.807, 2.05) is 18.2 Å². The Labute approximate surface area is 107 Å². The molecule has 1 heterocycles. The van der Waals surface area contributed by atoms with Crippen LogP contribution in [0.3, 0.4) is 0 Å². The van der Waals surface area contributed by atoms with Crippen LogP contribution in [0.5, 0.6) is 5.75 Å². The zero-order valence-corrected chi connectivity index (χ0v) is 10.6. The zero-order valence-electron chi connectivity index (χ0n) is 10.6. The summed E-state index contributed by atoms with van der Waals surface area (Å²) < 4.78 is 5.37. The Morgan fingerprint density at radius 2 is 2.00 bits per heavy atom. The maximum absolute atomic E-state index is 12.3. The van der Waals surface area contributed by atoms with E-state index in [1.165, 1.54) is 6.42 Å². The van der Waals surface area contributed by atoms with Crippen molar-refractivity contribution in [3.63, 3.8) is 0 Å². The highest BCUT2D eigenvalue weighted by atomic mass is 16.5. The van der Waals surface area contributed by atoms with Crippen molar-refractivity contribution in [1.82, 2.24) is 0 Å². The summed E-state index contributed by atoms with van der Waals surface area (Å²) in [4.78, 5) is 12.3. The van der Waals surface area contributed by atoms with Gasteiger partial charge < -0.3 is 15.4 Å². The SMILES string of the molecule is COc1cccc2c1NC1(CCCCC1)C(=O)N2. The normalized spacial score (nSPS) is 20.8. The van der Waals surface area contributed by atoms with E-state index in [0.29, 0.717) is 0 Å². The van der Waals surface area contributed by atoms with Crippen LogP contribution in [-0.4, -0.2) is 18.6 Å². The van der Waals surface area contributed by atoms with Crippen LogP contribution in [0.25, 0.3) is 0 Å². The number of amides is 1. The predicted molar refractivity (Wildman–Crippen MR) is 71.1 cm³/mol. The van der Waals surface area contributed by atoms with Gasteiger partial charge >= 0.3 is 0 Å². The highest BCUT2D eigenvalue weighted by Crippen LogP contribution is 2.43. The van der Waals surface area contributed by atoms with Gasteiger partial charge in [0, 0.05) is 0 Å².